The van der Waals surface area contributed by atoms with E-state index in [4.69, 9.17) is 29.6 Å². The topological polar surface area (TPSA) is 55.1 Å². The molecule has 108 valence electrons. The summed E-state index contributed by atoms with van der Waals surface area (Å²) in [7, 11) is 0. The summed E-state index contributed by atoms with van der Waals surface area (Å²) in [5.74, 6) is -0.863. The molecule has 0 fully saturated rings. The van der Waals surface area contributed by atoms with Gasteiger partial charge < -0.3 is 11.1 Å². The average Bonchev–Trinajstić information content (AvgIpc) is 2.43. The molecule has 3 N–H and O–H groups in total. The van der Waals surface area contributed by atoms with E-state index in [2.05, 4.69) is 21.2 Å². The van der Waals surface area contributed by atoms with E-state index in [1.165, 1.54) is 18.2 Å². The number of amides is 1. The Kier molecular flexibility index (Phi) is 4.92. The molecule has 7 heteroatoms. The maximum absolute atomic E-state index is 13.2. The van der Waals surface area contributed by atoms with Crippen LogP contribution in [0.15, 0.2) is 40.9 Å². The number of nitrogens with two attached hydrogens (primary N) is 1. The molecule has 3 nitrogen and oxygen atoms in total. The van der Waals surface area contributed by atoms with Crippen molar-refractivity contribution in [1.29, 1.82) is 0 Å². The fourth-order valence-corrected chi connectivity index (χ4v) is 2.28. The van der Waals surface area contributed by atoms with Crippen LogP contribution in [0.4, 0.5) is 10.1 Å². The lowest BCUT2D eigenvalue weighted by Gasteiger charge is -2.09. The zero-order valence-electron chi connectivity index (χ0n) is 10.5. The normalized spacial score (nSPS) is 10.2. The van der Waals surface area contributed by atoms with Crippen LogP contribution in [0.5, 0.6) is 0 Å². The van der Waals surface area contributed by atoms with Crippen molar-refractivity contribution in [2.45, 2.75) is 0 Å². The molecule has 0 saturated carbocycles. The Morgan fingerprint density at radius 2 is 1.90 bits per heavy atom. The number of rotatable bonds is 3. The molecule has 0 heterocycles. The van der Waals surface area contributed by atoms with E-state index in [0.717, 1.165) is 0 Å². The number of carbonyl (C=O) groups is 1. The highest BCUT2D eigenvalue weighted by molar-refractivity contribution is 9.10. The van der Waals surface area contributed by atoms with Gasteiger partial charge >= 0.3 is 0 Å². The van der Waals surface area contributed by atoms with Crippen molar-refractivity contribution in [2.24, 2.45) is 5.73 Å². The summed E-state index contributed by atoms with van der Waals surface area (Å²) in [6.07, 6.45) is 0. The molecule has 2 aromatic carbocycles. The van der Waals surface area contributed by atoms with Gasteiger partial charge in [0.25, 0.3) is 5.91 Å². The van der Waals surface area contributed by atoms with Crippen LogP contribution in [0.3, 0.4) is 0 Å². The molecule has 0 aromatic heterocycles. The molecular weight excluding hydrogens is 379 g/mol. The van der Waals surface area contributed by atoms with Gasteiger partial charge in [0, 0.05) is 11.1 Å². The zero-order chi connectivity index (χ0) is 15.6. The number of hydrogen-bond donors (Lipinski definition) is 2. The van der Waals surface area contributed by atoms with E-state index >= 15 is 0 Å². The standard InChI is InChI=1S/C14H9BrClFN2OS/c15-9-5-8(2-4-11(9)17)14(20)19-12-6-7(13(18)21)1-3-10(12)16/h1-6H,(H2,18,21)(H,19,20). The molecule has 0 bridgehead atoms. The first-order chi connectivity index (χ1) is 9.88. The lowest BCUT2D eigenvalue weighted by molar-refractivity contribution is 0.102. The van der Waals surface area contributed by atoms with Crippen LogP contribution in [0.25, 0.3) is 0 Å². The average molecular weight is 388 g/mol. The van der Waals surface area contributed by atoms with Crippen molar-refractivity contribution in [1.82, 2.24) is 0 Å². The highest BCUT2D eigenvalue weighted by atomic mass is 79.9. The third-order valence-electron chi connectivity index (χ3n) is 2.68. The van der Waals surface area contributed by atoms with Crippen LogP contribution < -0.4 is 11.1 Å². The number of benzene rings is 2. The van der Waals surface area contributed by atoms with E-state index in [1.54, 1.807) is 18.2 Å². The van der Waals surface area contributed by atoms with Crippen molar-refractivity contribution in [3.05, 3.63) is 62.8 Å². The predicted molar refractivity (Wildman–Crippen MR) is 89.4 cm³/mol. The largest absolute Gasteiger partial charge is 0.389 e. The van der Waals surface area contributed by atoms with Crippen molar-refractivity contribution in [3.8, 4) is 0 Å². The van der Waals surface area contributed by atoms with Crippen LogP contribution in [0.1, 0.15) is 15.9 Å². The van der Waals surface area contributed by atoms with Gasteiger partial charge in [-0.2, -0.15) is 0 Å². The molecule has 1 amide bonds. The second kappa shape index (κ2) is 6.51. The number of thiocarbonyl (C=S) groups is 1. The molecule has 0 saturated heterocycles. The fourth-order valence-electron chi connectivity index (χ4n) is 1.61. The first kappa shape index (κ1) is 15.9. The Labute approximate surface area is 139 Å². The third-order valence-corrected chi connectivity index (χ3v) is 3.85. The Hall–Kier alpha value is -1.50. The molecular formula is C14H9BrClFN2OS. The van der Waals surface area contributed by atoms with Crippen LogP contribution >= 0.6 is 39.7 Å². The van der Waals surface area contributed by atoms with Crippen LogP contribution in [0, 0.1) is 5.82 Å². The van der Waals surface area contributed by atoms with E-state index in [9.17, 15) is 9.18 Å². The van der Waals surface area contributed by atoms with Crippen molar-refractivity contribution in [2.75, 3.05) is 5.32 Å². The number of carbonyl (C=O) groups excluding carboxylic acids is 1. The van der Waals surface area contributed by atoms with Crippen LogP contribution in [0.2, 0.25) is 5.02 Å². The summed E-state index contributed by atoms with van der Waals surface area (Å²) in [6, 6.07) is 8.80. The van der Waals surface area contributed by atoms with Gasteiger partial charge in [0.2, 0.25) is 0 Å². The molecule has 0 spiro atoms. The fraction of sp³-hybridized carbons (Fsp3) is 0. The molecule has 0 unspecified atom stereocenters. The Balaban J connectivity index is 2.28. The molecule has 2 aromatic rings. The Morgan fingerprint density at radius 1 is 1.24 bits per heavy atom. The zero-order valence-corrected chi connectivity index (χ0v) is 13.7. The molecule has 0 aliphatic rings. The second-order valence-corrected chi connectivity index (χ2v) is 5.84. The number of halogens is 3. The van der Waals surface area contributed by atoms with Crippen molar-refractivity contribution >= 4 is 56.3 Å². The molecule has 0 aliphatic carbocycles. The number of hydrogen-bond acceptors (Lipinski definition) is 2. The maximum Gasteiger partial charge on any atom is 0.255 e. The lowest BCUT2D eigenvalue weighted by atomic mass is 10.1. The van der Waals surface area contributed by atoms with Crippen molar-refractivity contribution < 1.29 is 9.18 Å². The van der Waals surface area contributed by atoms with Gasteiger partial charge in [-0.05, 0) is 46.3 Å². The van der Waals surface area contributed by atoms with Crippen molar-refractivity contribution in [3.63, 3.8) is 0 Å². The van der Waals surface area contributed by atoms with Gasteiger partial charge in [0.05, 0.1) is 15.2 Å². The molecule has 0 aliphatic heterocycles. The first-order valence-electron chi connectivity index (χ1n) is 5.74. The van der Waals surface area contributed by atoms with Gasteiger partial charge in [0.15, 0.2) is 0 Å². The molecule has 0 atom stereocenters. The lowest BCUT2D eigenvalue weighted by Crippen LogP contribution is -2.14. The first-order valence-corrected chi connectivity index (χ1v) is 7.32. The molecule has 21 heavy (non-hydrogen) atoms. The Bertz CT molecular complexity index is 739. The highest BCUT2D eigenvalue weighted by Crippen LogP contribution is 2.24. The van der Waals surface area contributed by atoms with Gasteiger partial charge in [-0.3, -0.25) is 4.79 Å². The summed E-state index contributed by atoms with van der Waals surface area (Å²) in [5, 5.41) is 2.99. The quantitative estimate of drug-likeness (QED) is 0.779. The van der Waals surface area contributed by atoms with Gasteiger partial charge in [-0.25, -0.2) is 4.39 Å². The summed E-state index contributed by atoms with van der Waals surface area (Å²) < 4.78 is 13.4. The second-order valence-electron chi connectivity index (χ2n) is 4.14. The summed E-state index contributed by atoms with van der Waals surface area (Å²) in [5.41, 5.74) is 6.80. The molecule has 2 rings (SSSR count). The minimum absolute atomic E-state index is 0.201. The number of anilines is 1. The monoisotopic (exact) mass is 386 g/mol. The van der Waals surface area contributed by atoms with E-state index in [-0.39, 0.29) is 9.46 Å². The maximum atomic E-state index is 13.2. The predicted octanol–water partition coefficient (Wildman–Crippen LogP) is 4.13. The highest BCUT2D eigenvalue weighted by Gasteiger charge is 2.11. The van der Waals surface area contributed by atoms with E-state index in [0.29, 0.717) is 21.8 Å². The van der Waals surface area contributed by atoms with E-state index < -0.39 is 11.7 Å². The summed E-state index contributed by atoms with van der Waals surface area (Å²) >= 11 is 13.9. The SMILES string of the molecule is NC(=S)c1ccc(Cl)c(NC(=O)c2ccc(F)c(Br)c2)c1. The number of nitrogens with one attached hydrogen (secondary N) is 1. The summed E-state index contributed by atoms with van der Waals surface area (Å²) in [6.45, 7) is 0. The minimum Gasteiger partial charge on any atom is -0.389 e. The van der Waals surface area contributed by atoms with Gasteiger partial charge in [-0.1, -0.05) is 29.9 Å². The Morgan fingerprint density at radius 3 is 2.52 bits per heavy atom. The van der Waals surface area contributed by atoms with Gasteiger partial charge in [0.1, 0.15) is 10.8 Å². The van der Waals surface area contributed by atoms with Gasteiger partial charge in [-0.15, -0.1) is 0 Å². The smallest absolute Gasteiger partial charge is 0.255 e. The summed E-state index contributed by atoms with van der Waals surface area (Å²) in [4.78, 5) is 12.3. The minimum atomic E-state index is -0.444. The third kappa shape index (κ3) is 3.78. The van der Waals surface area contributed by atoms with Crippen LogP contribution in [-0.2, 0) is 0 Å². The molecule has 0 radical (unpaired) electrons. The van der Waals surface area contributed by atoms with E-state index in [1.807, 2.05) is 0 Å². The van der Waals surface area contributed by atoms with Crippen LogP contribution in [-0.4, -0.2) is 10.9 Å².